The summed E-state index contributed by atoms with van der Waals surface area (Å²) >= 11 is 2.74. The van der Waals surface area contributed by atoms with Crippen LogP contribution in [0.1, 0.15) is 5.56 Å². The van der Waals surface area contributed by atoms with Gasteiger partial charge in [-0.3, -0.25) is 4.79 Å². The van der Waals surface area contributed by atoms with Gasteiger partial charge in [0.2, 0.25) is 11.0 Å². The number of rotatable bonds is 9. The van der Waals surface area contributed by atoms with Crippen LogP contribution in [0.3, 0.4) is 0 Å². The average Bonchev–Trinajstić information content (AvgIpc) is 3.03. The fourth-order valence-corrected chi connectivity index (χ4v) is 3.30. The van der Waals surface area contributed by atoms with Gasteiger partial charge in [0.15, 0.2) is 4.34 Å². The first kappa shape index (κ1) is 18.2. The van der Waals surface area contributed by atoms with E-state index in [1.54, 1.807) is 19.2 Å². The quantitative estimate of drug-likeness (QED) is 0.521. The molecule has 0 spiro atoms. The van der Waals surface area contributed by atoms with Crippen molar-refractivity contribution in [3.05, 3.63) is 29.8 Å². The summed E-state index contributed by atoms with van der Waals surface area (Å²) in [7, 11) is 1.64. The Morgan fingerprint density at radius 2 is 2.17 bits per heavy atom. The Labute approximate surface area is 148 Å². The first-order valence-corrected chi connectivity index (χ1v) is 8.96. The first-order chi connectivity index (χ1) is 11.7. The van der Waals surface area contributed by atoms with E-state index in [0.29, 0.717) is 30.4 Å². The number of nitriles is 1. The lowest BCUT2D eigenvalue weighted by Crippen LogP contribution is -2.13. The van der Waals surface area contributed by atoms with Crippen LogP contribution in [0, 0.1) is 11.3 Å². The van der Waals surface area contributed by atoms with Gasteiger partial charge in [-0.2, -0.15) is 5.26 Å². The molecule has 0 fully saturated rings. The minimum Gasteiger partial charge on any atom is -0.383 e. The van der Waals surface area contributed by atoms with Gasteiger partial charge in [-0.15, -0.1) is 10.2 Å². The predicted octanol–water partition coefficient (Wildman–Crippen LogP) is 2.39. The Morgan fingerprint density at radius 3 is 2.88 bits per heavy atom. The molecule has 0 bridgehead atoms. The maximum atomic E-state index is 12.0. The topological polar surface area (TPSA) is 99.9 Å². The number of thioether (sulfide) groups is 1. The summed E-state index contributed by atoms with van der Waals surface area (Å²) < 4.78 is 5.68. The van der Waals surface area contributed by atoms with E-state index in [-0.39, 0.29) is 11.7 Å². The number of ether oxygens (including phenoxy) is 1. The summed E-state index contributed by atoms with van der Waals surface area (Å²) in [5.41, 5.74) is 1.63. The first-order valence-electron chi connectivity index (χ1n) is 7.16. The van der Waals surface area contributed by atoms with Gasteiger partial charge in [-0.25, -0.2) is 0 Å². The number of carbonyl (C=O) groups is 1. The fraction of sp³-hybridized carbons (Fsp3) is 0.333. The van der Waals surface area contributed by atoms with E-state index in [9.17, 15) is 4.79 Å². The zero-order valence-corrected chi connectivity index (χ0v) is 14.7. The molecule has 1 heterocycles. The van der Waals surface area contributed by atoms with Crippen molar-refractivity contribution in [3.63, 3.8) is 0 Å². The molecule has 0 aliphatic rings. The molecule has 0 saturated carbocycles. The molecule has 1 aromatic heterocycles. The van der Waals surface area contributed by atoms with Crippen LogP contribution in [0.4, 0.5) is 10.8 Å². The van der Waals surface area contributed by atoms with Crippen molar-refractivity contribution in [2.24, 2.45) is 0 Å². The van der Waals surface area contributed by atoms with E-state index < -0.39 is 0 Å². The van der Waals surface area contributed by atoms with Gasteiger partial charge < -0.3 is 15.4 Å². The molecule has 2 N–H and O–H groups in total. The molecule has 1 amide bonds. The molecule has 2 rings (SSSR count). The molecular formula is C15H17N5O2S2. The van der Waals surface area contributed by atoms with Crippen molar-refractivity contribution in [2.45, 2.75) is 10.8 Å². The van der Waals surface area contributed by atoms with E-state index in [2.05, 4.69) is 26.9 Å². The van der Waals surface area contributed by atoms with Gasteiger partial charge in [0.1, 0.15) is 0 Å². The SMILES string of the molecule is COCCNc1nnc(SCC(=O)Nc2ccc(CC#N)cc2)s1. The van der Waals surface area contributed by atoms with Gasteiger partial charge in [-0.1, -0.05) is 35.2 Å². The van der Waals surface area contributed by atoms with E-state index >= 15 is 0 Å². The third-order valence-corrected chi connectivity index (χ3v) is 4.85. The van der Waals surface area contributed by atoms with Gasteiger partial charge in [0.05, 0.1) is 24.8 Å². The molecule has 9 heteroatoms. The van der Waals surface area contributed by atoms with Gasteiger partial charge >= 0.3 is 0 Å². The van der Waals surface area contributed by atoms with Crippen LogP contribution in [0.25, 0.3) is 0 Å². The minimum atomic E-state index is -0.114. The van der Waals surface area contributed by atoms with Crippen LogP contribution < -0.4 is 10.6 Å². The minimum absolute atomic E-state index is 0.114. The van der Waals surface area contributed by atoms with E-state index in [0.717, 1.165) is 9.90 Å². The summed E-state index contributed by atoms with van der Waals surface area (Å²) in [4.78, 5) is 12.0. The highest BCUT2D eigenvalue weighted by molar-refractivity contribution is 8.01. The Kier molecular flexibility index (Phi) is 7.48. The predicted molar refractivity (Wildman–Crippen MR) is 95.4 cm³/mol. The van der Waals surface area contributed by atoms with Crippen molar-refractivity contribution >= 4 is 39.8 Å². The number of methoxy groups -OCH3 is 1. The van der Waals surface area contributed by atoms with Crippen LogP contribution in [-0.4, -0.2) is 42.1 Å². The highest BCUT2D eigenvalue weighted by Gasteiger charge is 2.08. The lowest BCUT2D eigenvalue weighted by atomic mass is 10.1. The second kappa shape index (κ2) is 9.87. The molecule has 1 aromatic carbocycles. The number of anilines is 2. The summed E-state index contributed by atoms with van der Waals surface area (Å²) in [6.07, 6.45) is 0.363. The number of amides is 1. The highest BCUT2D eigenvalue weighted by Crippen LogP contribution is 2.25. The Hall–Kier alpha value is -2.15. The Morgan fingerprint density at radius 1 is 1.38 bits per heavy atom. The van der Waals surface area contributed by atoms with Gasteiger partial charge in [0.25, 0.3) is 0 Å². The third kappa shape index (κ3) is 6.16. The summed E-state index contributed by atoms with van der Waals surface area (Å²) in [5.74, 6) is 0.143. The molecular weight excluding hydrogens is 346 g/mol. The Bertz CT molecular complexity index is 697. The maximum Gasteiger partial charge on any atom is 0.234 e. The van der Waals surface area contributed by atoms with Crippen LogP contribution in [0.5, 0.6) is 0 Å². The molecule has 2 aromatic rings. The maximum absolute atomic E-state index is 12.0. The van der Waals surface area contributed by atoms with Crippen LogP contribution >= 0.6 is 23.1 Å². The van der Waals surface area contributed by atoms with Crippen molar-refractivity contribution in [1.82, 2.24) is 10.2 Å². The van der Waals surface area contributed by atoms with Crippen molar-refractivity contribution in [2.75, 3.05) is 36.6 Å². The zero-order valence-electron chi connectivity index (χ0n) is 13.1. The monoisotopic (exact) mass is 363 g/mol. The second-order valence-electron chi connectivity index (χ2n) is 4.66. The Balaban J connectivity index is 1.75. The largest absolute Gasteiger partial charge is 0.383 e. The summed E-state index contributed by atoms with van der Waals surface area (Å²) in [6.45, 7) is 1.26. The molecule has 0 aliphatic heterocycles. The highest BCUT2D eigenvalue weighted by atomic mass is 32.2. The van der Waals surface area contributed by atoms with Crippen molar-refractivity contribution < 1.29 is 9.53 Å². The van der Waals surface area contributed by atoms with Gasteiger partial charge in [-0.05, 0) is 17.7 Å². The number of benzene rings is 1. The summed E-state index contributed by atoms with van der Waals surface area (Å²) in [6, 6.07) is 9.32. The fourth-order valence-electron chi connectivity index (χ4n) is 1.72. The third-order valence-electron chi connectivity index (χ3n) is 2.84. The zero-order chi connectivity index (χ0) is 17.2. The van der Waals surface area contributed by atoms with E-state index in [1.165, 1.54) is 23.1 Å². The molecule has 0 atom stereocenters. The number of carbonyl (C=O) groups excluding carboxylic acids is 1. The van der Waals surface area contributed by atoms with Crippen molar-refractivity contribution in [1.29, 1.82) is 5.26 Å². The van der Waals surface area contributed by atoms with Crippen LogP contribution in [0.15, 0.2) is 28.6 Å². The molecule has 24 heavy (non-hydrogen) atoms. The number of hydrogen-bond acceptors (Lipinski definition) is 8. The molecule has 7 nitrogen and oxygen atoms in total. The van der Waals surface area contributed by atoms with Crippen LogP contribution in [0.2, 0.25) is 0 Å². The summed E-state index contributed by atoms with van der Waals surface area (Å²) in [5, 5.41) is 23.3. The number of hydrogen-bond donors (Lipinski definition) is 2. The van der Waals surface area contributed by atoms with Crippen LogP contribution in [-0.2, 0) is 16.0 Å². The normalized spacial score (nSPS) is 10.2. The second-order valence-corrected chi connectivity index (χ2v) is 6.86. The molecule has 0 unspecified atom stereocenters. The molecule has 0 aliphatic carbocycles. The lowest BCUT2D eigenvalue weighted by molar-refractivity contribution is -0.113. The van der Waals surface area contributed by atoms with E-state index in [4.69, 9.17) is 10.00 Å². The van der Waals surface area contributed by atoms with Gasteiger partial charge in [0, 0.05) is 19.3 Å². The standard InChI is InChI=1S/C15H17N5O2S2/c1-22-9-8-17-14-19-20-15(24-14)23-10-13(21)18-12-4-2-11(3-5-12)6-7-16/h2-5H,6,8-10H2,1H3,(H,17,19)(H,18,21). The lowest BCUT2D eigenvalue weighted by Gasteiger charge is -2.04. The number of nitrogens with zero attached hydrogens (tertiary/aromatic N) is 3. The molecule has 0 radical (unpaired) electrons. The average molecular weight is 363 g/mol. The van der Waals surface area contributed by atoms with E-state index in [1.807, 2.05) is 12.1 Å². The number of aromatic nitrogens is 2. The smallest absolute Gasteiger partial charge is 0.234 e. The van der Waals surface area contributed by atoms with Crippen molar-refractivity contribution in [3.8, 4) is 6.07 Å². The molecule has 126 valence electrons. The molecule has 0 saturated heterocycles. The number of nitrogens with one attached hydrogen (secondary N) is 2.